The molecule has 4 unspecified atom stereocenters. The summed E-state index contributed by atoms with van der Waals surface area (Å²) in [6, 6.07) is 4.10. The van der Waals surface area contributed by atoms with Crippen LogP contribution in [-0.4, -0.2) is 78.8 Å². The molecular weight excluding hydrogens is 646 g/mol. The maximum Gasteiger partial charge on any atom is 0.315 e. The van der Waals surface area contributed by atoms with Gasteiger partial charge in [0, 0.05) is 13.0 Å². The highest BCUT2D eigenvalue weighted by molar-refractivity contribution is 7.91. The molecule has 5 amide bonds. The number of rotatable bonds is 13. The highest BCUT2D eigenvalue weighted by Gasteiger charge is 2.50. The number of sulfone groups is 1. The topological polar surface area (TPSA) is 185 Å². The highest BCUT2D eigenvalue weighted by Crippen LogP contribution is 2.37. The van der Waals surface area contributed by atoms with Crippen molar-refractivity contribution < 1.29 is 32.4 Å². The second-order valence-corrected chi connectivity index (χ2v) is 17.0. The smallest absolute Gasteiger partial charge is 0.315 e. The average Bonchev–Trinajstić information content (AvgIpc) is 3.38. The fourth-order valence-electron chi connectivity index (χ4n) is 7.21. The van der Waals surface area contributed by atoms with Gasteiger partial charge >= 0.3 is 6.03 Å². The second kappa shape index (κ2) is 16.2. The van der Waals surface area contributed by atoms with Crippen LogP contribution < -0.4 is 21.7 Å². The third-order valence-electron chi connectivity index (χ3n) is 9.92. The maximum absolute atomic E-state index is 14.5. The molecule has 1 heterocycles. The van der Waals surface area contributed by atoms with Gasteiger partial charge in [-0.1, -0.05) is 79.0 Å². The van der Waals surface area contributed by atoms with Crippen molar-refractivity contribution in [2.45, 2.75) is 115 Å². The van der Waals surface area contributed by atoms with Crippen molar-refractivity contribution >= 4 is 39.4 Å². The molecule has 3 rings (SSSR count). The Morgan fingerprint density at radius 2 is 1.65 bits per heavy atom. The van der Waals surface area contributed by atoms with Crippen LogP contribution in [0.3, 0.4) is 0 Å². The summed E-state index contributed by atoms with van der Waals surface area (Å²) in [5, 5.41) is 8.44. The molecule has 270 valence electrons. The van der Waals surface area contributed by atoms with E-state index in [2.05, 4.69) is 21.9 Å². The zero-order valence-corrected chi connectivity index (χ0v) is 30.4. The number of carbonyl (C=O) groups excluding carboxylic acids is 5. The van der Waals surface area contributed by atoms with Crippen LogP contribution in [0.5, 0.6) is 0 Å². The van der Waals surface area contributed by atoms with Gasteiger partial charge in [-0.2, -0.15) is 0 Å². The first kappa shape index (κ1) is 39.5. The first-order valence-corrected chi connectivity index (χ1v) is 18.7. The molecule has 0 bridgehead atoms. The van der Waals surface area contributed by atoms with Crippen molar-refractivity contribution in [3.63, 3.8) is 0 Å². The Morgan fingerprint density at radius 1 is 1.04 bits per heavy atom. The molecule has 1 saturated carbocycles. The molecule has 49 heavy (non-hydrogen) atoms. The Balaban J connectivity index is 1.90. The third-order valence-corrected chi connectivity index (χ3v) is 11.8. The number of ketones is 1. The summed E-state index contributed by atoms with van der Waals surface area (Å²) >= 11 is 0. The third kappa shape index (κ3) is 9.84. The van der Waals surface area contributed by atoms with Crippen LogP contribution in [-0.2, 0) is 29.0 Å². The van der Waals surface area contributed by atoms with E-state index in [1.807, 2.05) is 20.8 Å². The first-order valence-electron chi connectivity index (χ1n) is 17.1. The van der Waals surface area contributed by atoms with Crippen molar-refractivity contribution in [3.8, 4) is 12.3 Å². The van der Waals surface area contributed by atoms with Gasteiger partial charge in [0.2, 0.25) is 17.6 Å². The lowest BCUT2D eigenvalue weighted by Crippen LogP contribution is -2.63. The highest BCUT2D eigenvalue weighted by atomic mass is 32.2. The number of urea groups is 1. The molecule has 1 aromatic rings. The summed E-state index contributed by atoms with van der Waals surface area (Å²) in [5.74, 6) is -1.50. The van der Waals surface area contributed by atoms with Gasteiger partial charge in [0.05, 0.1) is 22.2 Å². The van der Waals surface area contributed by atoms with Gasteiger partial charge in [-0.05, 0) is 54.6 Å². The Morgan fingerprint density at radius 3 is 2.18 bits per heavy atom. The molecule has 5 atom stereocenters. The zero-order valence-electron chi connectivity index (χ0n) is 29.6. The van der Waals surface area contributed by atoms with E-state index in [1.165, 1.54) is 17.0 Å². The molecule has 13 heteroatoms. The standard InChI is InChI=1S/C36H53N5O7S/c1-8-9-18-27(29(42)31(37)43)38-32(44)28-24(4)26(23(2)3)21-41(28)33(45)30(35(5,6)7)39-34(46)40-36(19-14-11-15-20-36)22-49(47,48)25-16-12-10-13-17-25/h1,10,12-13,16-17,23-24,26-28,30H,9,11,14-15,18-22H2,2-7H3,(H2,37,43)(H,38,44)(H2,39,40,46)/t24?,26?,27?,28?,30-/m1/s1. The van der Waals surface area contributed by atoms with Gasteiger partial charge < -0.3 is 26.6 Å². The number of nitrogens with zero attached hydrogens (tertiary/aromatic N) is 1. The summed E-state index contributed by atoms with van der Waals surface area (Å²) in [5.41, 5.74) is 3.39. The molecule has 0 spiro atoms. The molecule has 1 aliphatic heterocycles. The van der Waals surface area contributed by atoms with E-state index in [1.54, 1.807) is 39.0 Å². The number of carbonyl (C=O) groups is 5. The number of amides is 5. The van der Waals surface area contributed by atoms with Gasteiger partial charge in [0.15, 0.2) is 9.84 Å². The van der Waals surface area contributed by atoms with Crippen molar-refractivity contribution in [1.29, 1.82) is 0 Å². The van der Waals surface area contributed by atoms with E-state index in [4.69, 9.17) is 12.2 Å². The number of likely N-dealkylation sites (tertiary alicyclic amines) is 1. The van der Waals surface area contributed by atoms with Gasteiger partial charge in [-0.3, -0.25) is 19.2 Å². The predicted molar refractivity (Wildman–Crippen MR) is 186 cm³/mol. The summed E-state index contributed by atoms with van der Waals surface area (Å²) in [6.07, 6.45) is 8.81. The van der Waals surface area contributed by atoms with E-state index >= 15 is 0 Å². The number of hydrogen-bond acceptors (Lipinski definition) is 7. The lowest BCUT2D eigenvalue weighted by molar-refractivity contribution is -0.144. The fraction of sp³-hybridized carbons (Fsp3) is 0.639. The van der Waals surface area contributed by atoms with Gasteiger partial charge in [0.25, 0.3) is 5.91 Å². The molecule has 0 aromatic heterocycles. The molecule has 12 nitrogen and oxygen atoms in total. The molecule has 0 radical (unpaired) electrons. The van der Waals surface area contributed by atoms with Crippen molar-refractivity contribution in [1.82, 2.24) is 20.9 Å². The largest absolute Gasteiger partial charge is 0.363 e. The molecular formula is C36H53N5O7S. The lowest BCUT2D eigenvalue weighted by atomic mass is 9.83. The molecule has 5 N–H and O–H groups in total. The number of Topliss-reactive ketones (excluding diaryl/α,β-unsaturated/α-hetero) is 1. The van der Waals surface area contributed by atoms with Crippen molar-refractivity contribution in [3.05, 3.63) is 30.3 Å². The number of nitrogens with one attached hydrogen (secondary N) is 3. The number of terminal acetylenes is 1. The minimum atomic E-state index is -3.74. The van der Waals surface area contributed by atoms with Crippen LogP contribution >= 0.6 is 0 Å². The van der Waals surface area contributed by atoms with Gasteiger partial charge in [-0.25, -0.2) is 13.2 Å². The molecule has 1 saturated heterocycles. The lowest BCUT2D eigenvalue weighted by Gasteiger charge is -2.40. The summed E-state index contributed by atoms with van der Waals surface area (Å²) < 4.78 is 26.9. The summed E-state index contributed by atoms with van der Waals surface area (Å²) in [4.78, 5) is 68.0. The first-order chi connectivity index (χ1) is 22.8. The molecule has 2 aliphatic rings. The summed E-state index contributed by atoms with van der Waals surface area (Å²) in [7, 11) is -3.74. The minimum Gasteiger partial charge on any atom is -0.363 e. The Labute approximate surface area is 291 Å². The van der Waals surface area contributed by atoms with E-state index in [9.17, 15) is 32.4 Å². The quantitative estimate of drug-likeness (QED) is 0.180. The zero-order chi connectivity index (χ0) is 36.7. The maximum atomic E-state index is 14.5. The SMILES string of the molecule is C#CCCC(NC(=O)C1C(C)C(C(C)C)CN1C(=O)[C@@H](NC(=O)NC1(CS(=O)(=O)c2ccccc2)CCCCC1)C(C)(C)C)C(=O)C(N)=O. The average molecular weight is 700 g/mol. The summed E-state index contributed by atoms with van der Waals surface area (Å²) in [6.45, 7) is 11.5. The van der Waals surface area contributed by atoms with Gasteiger partial charge in [0.1, 0.15) is 12.1 Å². The van der Waals surface area contributed by atoms with Crippen molar-refractivity contribution in [2.75, 3.05) is 12.3 Å². The van der Waals surface area contributed by atoms with Crippen LogP contribution in [0.2, 0.25) is 0 Å². The van der Waals surface area contributed by atoms with Crippen LogP contribution in [0.25, 0.3) is 0 Å². The van der Waals surface area contributed by atoms with E-state index in [0.717, 1.165) is 19.3 Å². The van der Waals surface area contributed by atoms with Crippen LogP contribution in [0.1, 0.15) is 86.5 Å². The monoisotopic (exact) mass is 699 g/mol. The Kier molecular flexibility index (Phi) is 13.1. The number of primary amides is 1. The number of hydrogen-bond donors (Lipinski definition) is 4. The Bertz CT molecular complexity index is 1520. The molecule has 1 aromatic carbocycles. The second-order valence-electron chi connectivity index (χ2n) is 15.0. The van der Waals surface area contributed by atoms with Crippen molar-refractivity contribution in [2.24, 2.45) is 28.9 Å². The number of nitrogens with two attached hydrogens (primary N) is 1. The fourth-order valence-corrected chi connectivity index (χ4v) is 9.03. The minimum absolute atomic E-state index is 0.000749. The normalized spacial score (nSPS) is 22.0. The van der Waals surface area contributed by atoms with E-state index in [0.29, 0.717) is 12.8 Å². The predicted octanol–water partition coefficient (Wildman–Crippen LogP) is 2.95. The molecule has 1 aliphatic carbocycles. The van der Waals surface area contributed by atoms with Crippen LogP contribution in [0.15, 0.2) is 35.2 Å². The Hall–Kier alpha value is -3.92. The van der Waals surface area contributed by atoms with Crippen LogP contribution in [0, 0.1) is 35.5 Å². The van der Waals surface area contributed by atoms with E-state index < -0.39 is 68.5 Å². The number of benzene rings is 1. The van der Waals surface area contributed by atoms with E-state index in [-0.39, 0.29) is 47.8 Å². The van der Waals surface area contributed by atoms with Crippen LogP contribution in [0.4, 0.5) is 4.79 Å². The van der Waals surface area contributed by atoms with Gasteiger partial charge in [-0.15, -0.1) is 12.3 Å². The molecule has 2 fully saturated rings.